The Bertz CT molecular complexity index is 327. The Morgan fingerprint density at radius 3 is 3.14 bits per heavy atom. The second-order valence-electron chi connectivity index (χ2n) is 3.61. The van der Waals surface area contributed by atoms with E-state index in [4.69, 9.17) is 22.1 Å². The standard InChI is InChI=1S/C11H14ClNO/c12-9-3-4-11-10(6-9)8(7-13)2-1-5-14-11/h3-4,6,8H,1-2,5,7,13H2. The van der Waals surface area contributed by atoms with Crippen molar-refractivity contribution in [2.24, 2.45) is 5.73 Å². The summed E-state index contributed by atoms with van der Waals surface area (Å²) < 4.78 is 5.62. The molecule has 2 N–H and O–H groups in total. The fourth-order valence-corrected chi connectivity index (χ4v) is 2.06. The molecule has 3 heteroatoms. The van der Waals surface area contributed by atoms with Gasteiger partial charge >= 0.3 is 0 Å². The first-order valence-electron chi connectivity index (χ1n) is 4.93. The van der Waals surface area contributed by atoms with Crippen LogP contribution >= 0.6 is 11.6 Å². The Kier molecular flexibility index (Phi) is 2.94. The molecule has 76 valence electrons. The van der Waals surface area contributed by atoms with Crippen molar-refractivity contribution >= 4 is 11.6 Å². The highest BCUT2D eigenvalue weighted by Crippen LogP contribution is 2.34. The summed E-state index contributed by atoms with van der Waals surface area (Å²) in [4.78, 5) is 0. The molecule has 0 spiro atoms. The number of benzene rings is 1. The number of rotatable bonds is 1. The van der Waals surface area contributed by atoms with Crippen molar-refractivity contribution in [1.82, 2.24) is 0 Å². The molecule has 1 aliphatic rings. The summed E-state index contributed by atoms with van der Waals surface area (Å²) in [6, 6.07) is 5.77. The summed E-state index contributed by atoms with van der Waals surface area (Å²) in [7, 11) is 0. The van der Waals surface area contributed by atoms with Crippen molar-refractivity contribution in [3.63, 3.8) is 0 Å². The minimum absolute atomic E-state index is 0.395. The van der Waals surface area contributed by atoms with Gasteiger partial charge in [-0.15, -0.1) is 0 Å². The molecular formula is C11H14ClNO. The molecule has 0 aromatic heterocycles. The maximum Gasteiger partial charge on any atom is 0.122 e. The number of hydrogen-bond donors (Lipinski definition) is 1. The van der Waals surface area contributed by atoms with E-state index in [0.717, 1.165) is 35.8 Å². The van der Waals surface area contributed by atoms with Gasteiger partial charge in [0.15, 0.2) is 0 Å². The molecule has 1 unspecified atom stereocenters. The molecule has 1 aromatic rings. The van der Waals surface area contributed by atoms with Crippen LogP contribution in [-0.2, 0) is 0 Å². The van der Waals surface area contributed by atoms with E-state index in [-0.39, 0.29) is 0 Å². The zero-order chi connectivity index (χ0) is 9.97. The van der Waals surface area contributed by atoms with Crippen LogP contribution < -0.4 is 10.5 Å². The van der Waals surface area contributed by atoms with Crippen molar-refractivity contribution in [2.75, 3.05) is 13.2 Å². The van der Waals surface area contributed by atoms with Gasteiger partial charge in [0.2, 0.25) is 0 Å². The third kappa shape index (κ3) is 1.86. The van der Waals surface area contributed by atoms with Crippen LogP contribution in [0.1, 0.15) is 24.3 Å². The molecule has 0 radical (unpaired) electrons. The lowest BCUT2D eigenvalue weighted by atomic mass is 9.94. The molecule has 1 heterocycles. The van der Waals surface area contributed by atoms with Gasteiger partial charge in [-0.05, 0) is 49.1 Å². The topological polar surface area (TPSA) is 35.2 Å². The quantitative estimate of drug-likeness (QED) is 0.775. The van der Waals surface area contributed by atoms with Crippen LogP contribution in [0.3, 0.4) is 0 Å². The number of halogens is 1. The zero-order valence-electron chi connectivity index (χ0n) is 8.00. The maximum atomic E-state index is 5.96. The fraction of sp³-hybridized carbons (Fsp3) is 0.455. The monoisotopic (exact) mass is 211 g/mol. The molecule has 0 saturated carbocycles. The first kappa shape index (κ1) is 9.81. The Hall–Kier alpha value is -0.730. The highest BCUT2D eigenvalue weighted by molar-refractivity contribution is 6.30. The lowest BCUT2D eigenvalue weighted by Gasteiger charge is -2.14. The lowest BCUT2D eigenvalue weighted by molar-refractivity contribution is 0.316. The van der Waals surface area contributed by atoms with Gasteiger partial charge in [-0.1, -0.05) is 11.6 Å². The van der Waals surface area contributed by atoms with Crippen LogP contribution in [-0.4, -0.2) is 13.2 Å². The largest absolute Gasteiger partial charge is 0.493 e. The lowest BCUT2D eigenvalue weighted by Crippen LogP contribution is -2.11. The van der Waals surface area contributed by atoms with Gasteiger partial charge in [-0.25, -0.2) is 0 Å². The number of fused-ring (bicyclic) bond motifs is 1. The molecule has 14 heavy (non-hydrogen) atoms. The van der Waals surface area contributed by atoms with E-state index in [1.807, 2.05) is 18.2 Å². The van der Waals surface area contributed by atoms with Gasteiger partial charge < -0.3 is 10.5 Å². The summed E-state index contributed by atoms with van der Waals surface area (Å²) in [6.45, 7) is 1.45. The summed E-state index contributed by atoms with van der Waals surface area (Å²) in [5, 5.41) is 0.757. The summed E-state index contributed by atoms with van der Waals surface area (Å²) in [5.74, 6) is 1.34. The predicted octanol–water partition coefficient (Wildman–Crippen LogP) is 2.55. The Morgan fingerprint density at radius 1 is 1.50 bits per heavy atom. The van der Waals surface area contributed by atoms with Gasteiger partial charge in [-0.3, -0.25) is 0 Å². The molecule has 2 nitrogen and oxygen atoms in total. The molecule has 1 atom stereocenters. The number of nitrogens with two attached hydrogens (primary N) is 1. The van der Waals surface area contributed by atoms with E-state index in [2.05, 4.69) is 0 Å². The molecule has 0 fully saturated rings. The normalized spacial score (nSPS) is 20.9. The van der Waals surface area contributed by atoms with E-state index >= 15 is 0 Å². The minimum Gasteiger partial charge on any atom is -0.493 e. The summed E-state index contributed by atoms with van der Waals surface area (Å²) in [6.07, 6.45) is 2.15. The molecule has 0 amide bonds. The zero-order valence-corrected chi connectivity index (χ0v) is 8.76. The van der Waals surface area contributed by atoms with Crippen LogP contribution in [0, 0.1) is 0 Å². The third-order valence-electron chi connectivity index (χ3n) is 2.65. The minimum atomic E-state index is 0.395. The molecule has 0 saturated heterocycles. The predicted molar refractivity (Wildman–Crippen MR) is 58.0 cm³/mol. The van der Waals surface area contributed by atoms with Crippen molar-refractivity contribution < 1.29 is 4.74 Å². The third-order valence-corrected chi connectivity index (χ3v) is 2.89. The van der Waals surface area contributed by atoms with E-state index in [9.17, 15) is 0 Å². The Labute approximate surface area is 89.0 Å². The van der Waals surface area contributed by atoms with Crippen molar-refractivity contribution in [3.05, 3.63) is 28.8 Å². The molecule has 0 bridgehead atoms. The molecule has 1 aromatic carbocycles. The fourth-order valence-electron chi connectivity index (χ4n) is 1.88. The van der Waals surface area contributed by atoms with E-state index in [0.29, 0.717) is 12.5 Å². The molecule has 1 aliphatic heterocycles. The van der Waals surface area contributed by atoms with Gasteiger partial charge in [0.1, 0.15) is 5.75 Å². The Balaban J connectivity index is 2.40. The van der Waals surface area contributed by atoms with Crippen LogP contribution in [0.15, 0.2) is 18.2 Å². The SMILES string of the molecule is NCC1CCCOc2ccc(Cl)cc21. The van der Waals surface area contributed by atoms with Gasteiger partial charge in [-0.2, -0.15) is 0 Å². The van der Waals surface area contributed by atoms with Crippen LogP contribution in [0.2, 0.25) is 5.02 Å². The summed E-state index contributed by atoms with van der Waals surface area (Å²) >= 11 is 5.96. The average molecular weight is 212 g/mol. The van der Waals surface area contributed by atoms with Gasteiger partial charge in [0, 0.05) is 5.02 Å². The highest BCUT2D eigenvalue weighted by atomic mass is 35.5. The van der Waals surface area contributed by atoms with Gasteiger partial charge in [0.05, 0.1) is 6.61 Å². The van der Waals surface area contributed by atoms with Crippen molar-refractivity contribution in [1.29, 1.82) is 0 Å². The smallest absolute Gasteiger partial charge is 0.122 e. The highest BCUT2D eigenvalue weighted by Gasteiger charge is 2.18. The van der Waals surface area contributed by atoms with Crippen molar-refractivity contribution in [2.45, 2.75) is 18.8 Å². The van der Waals surface area contributed by atoms with E-state index in [1.54, 1.807) is 0 Å². The van der Waals surface area contributed by atoms with Crippen LogP contribution in [0.25, 0.3) is 0 Å². The number of hydrogen-bond acceptors (Lipinski definition) is 2. The van der Waals surface area contributed by atoms with E-state index in [1.165, 1.54) is 0 Å². The van der Waals surface area contributed by atoms with Crippen LogP contribution in [0.5, 0.6) is 5.75 Å². The number of ether oxygens (including phenoxy) is 1. The second kappa shape index (κ2) is 4.20. The van der Waals surface area contributed by atoms with Gasteiger partial charge in [0.25, 0.3) is 0 Å². The maximum absolute atomic E-state index is 5.96. The summed E-state index contributed by atoms with van der Waals surface area (Å²) in [5.41, 5.74) is 6.90. The Morgan fingerprint density at radius 2 is 2.36 bits per heavy atom. The second-order valence-corrected chi connectivity index (χ2v) is 4.04. The first-order chi connectivity index (χ1) is 6.81. The molecule has 0 aliphatic carbocycles. The van der Waals surface area contributed by atoms with Crippen LogP contribution in [0.4, 0.5) is 0 Å². The average Bonchev–Trinajstić information content (AvgIpc) is 2.39. The van der Waals surface area contributed by atoms with E-state index < -0.39 is 0 Å². The van der Waals surface area contributed by atoms with Crippen molar-refractivity contribution in [3.8, 4) is 5.75 Å². The molecule has 2 rings (SSSR count). The molecular weight excluding hydrogens is 198 g/mol. The first-order valence-corrected chi connectivity index (χ1v) is 5.31.